The summed E-state index contributed by atoms with van der Waals surface area (Å²) in [4.78, 5) is 6.88. The van der Waals surface area contributed by atoms with E-state index in [9.17, 15) is 5.26 Å². The van der Waals surface area contributed by atoms with E-state index in [1.165, 1.54) is 12.8 Å². The molecule has 132 valence electrons. The Morgan fingerprint density at radius 3 is 2.77 bits per heavy atom. The first kappa shape index (κ1) is 16.6. The monoisotopic (exact) mass is 346 g/mol. The molecule has 5 heteroatoms. The van der Waals surface area contributed by atoms with Gasteiger partial charge >= 0.3 is 0 Å². The molecule has 0 radical (unpaired) electrons. The van der Waals surface area contributed by atoms with Crippen LogP contribution in [0.1, 0.15) is 25.5 Å². The molecule has 1 N–H and O–H groups in total. The zero-order chi connectivity index (χ0) is 17.9. The van der Waals surface area contributed by atoms with E-state index in [0.29, 0.717) is 23.5 Å². The van der Waals surface area contributed by atoms with Crippen molar-refractivity contribution in [3.8, 4) is 17.5 Å². The van der Waals surface area contributed by atoms with Gasteiger partial charge in [0.25, 0.3) is 0 Å². The van der Waals surface area contributed by atoms with E-state index in [4.69, 9.17) is 4.42 Å². The molecule has 0 saturated carbocycles. The van der Waals surface area contributed by atoms with E-state index >= 15 is 0 Å². The molecule has 1 fully saturated rings. The number of nitrogens with zero attached hydrogens (tertiary/aromatic N) is 3. The minimum Gasteiger partial charge on any atom is -0.419 e. The summed E-state index contributed by atoms with van der Waals surface area (Å²) in [5, 5.41) is 14.9. The van der Waals surface area contributed by atoms with Gasteiger partial charge in [-0.25, -0.2) is 0 Å². The maximum atomic E-state index is 9.45. The second kappa shape index (κ2) is 7.19. The predicted octanol–water partition coefficient (Wildman–Crippen LogP) is 4.26. The van der Waals surface area contributed by atoms with Gasteiger partial charge in [-0.2, -0.15) is 10.2 Å². The first-order valence-corrected chi connectivity index (χ1v) is 9.13. The van der Waals surface area contributed by atoms with E-state index < -0.39 is 0 Å². The lowest BCUT2D eigenvalue weighted by molar-refractivity contribution is 0.268. The Morgan fingerprint density at radius 2 is 1.96 bits per heavy atom. The molecule has 2 aromatic carbocycles. The van der Waals surface area contributed by atoms with Crippen LogP contribution in [-0.2, 0) is 0 Å². The van der Waals surface area contributed by atoms with Crippen molar-refractivity contribution in [3.63, 3.8) is 0 Å². The quantitative estimate of drug-likeness (QED) is 0.748. The molecule has 1 aliphatic rings. The molecule has 1 saturated heterocycles. The van der Waals surface area contributed by atoms with E-state index in [0.717, 1.165) is 36.0 Å². The number of oxazole rings is 1. The number of aromatic nitrogens is 1. The first-order chi connectivity index (χ1) is 12.8. The summed E-state index contributed by atoms with van der Waals surface area (Å²) in [7, 11) is 0. The molecule has 1 aromatic heterocycles. The van der Waals surface area contributed by atoms with Crippen LogP contribution >= 0.6 is 0 Å². The Labute approximate surface area is 153 Å². The van der Waals surface area contributed by atoms with Crippen LogP contribution < -0.4 is 5.32 Å². The van der Waals surface area contributed by atoms with Crippen LogP contribution in [0.5, 0.6) is 0 Å². The fraction of sp³-hybridized carbons (Fsp3) is 0.333. The molecule has 0 amide bonds. The second-order valence-corrected chi connectivity index (χ2v) is 6.81. The molecule has 2 heterocycles. The van der Waals surface area contributed by atoms with Crippen molar-refractivity contribution in [2.24, 2.45) is 0 Å². The van der Waals surface area contributed by atoms with Crippen molar-refractivity contribution in [1.82, 2.24) is 9.88 Å². The van der Waals surface area contributed by atoms with Crippen LogP contribution in [0.25, 0.3) is 22.2 Å². The zero-order valence-electron chi connectivity index (χ0n) is 14.9. The summed E-state index contributed by atoms with van der Waals surface area (Å²) >= 11 is 0. The molecular formula is C21H22N4O. The van der Waals surface area contributed by atoms with Gasteiger partial charge < -0.3 is 9.73 Å². The molecule has 5 nitrogen and oxygen atoms in total. The Balaban J connectivity index is 1.60. The third-order valence-electron chi connectivity index (χ3n) is 5.08. The van der Waals surface area contributed by atoms with Gasteiger partial charge in [0.1, 0.15) is 6.07 Å². The molecule has 3 aromatic rings. The Bertz CT molecular complexity index is 945. The number of rotatable bonds is 5. The molecule has 0 unspecified atom stereocenters. The van der Waals surface area contributed by atoms with Gasteiger partial charge in [0, 0.05) is 18.2 Å². The lowest BCUT2D eigenvalue weighted by Crippen LogP contribution is -2.35. The predicted molar refractivity (Wildman–Crippen MR) is 103 cm³/mol. The Morgan fingerprint density at radius 1 is 1.19 bits per heavy atom. The second-order valence-electron chi connectivity index (χ2n) is 6.81. The topological polar surface area (TPSA) is 65.1 Å². The van der Waals surface area contributed by atoms with Gasteiger partial charge in [-0.3, -0.25) is 4.90 Å². The highest BCUT2D eigenvalue weighted by Gasteiger charge is 2.20. The van der Waals surface area contributed by atoms with Crippen molar-refractivity contribution in [2.75, 3.05) is 25.0 Å². The summed E-state index contributed by atoms with van der Waals surface area (Å²) in [6, 6.07) is 16.7. The fourth-order valence-corrected chi connectivity index (χ4v) is 3.59. The molecular weight excluding hydrogens is 324 g/mol. The van der Waals surface area contributed by atoms with Gasteiger partial charge in [-0.1, -0.05) is 36.4 Å². The van der Waals surface area contributed by atoms with Gasteiger partial charge in [-0.15, -0.1) is 0 Å². The van der Waals surface area contributed by atoms with Crippen molar-refractivity contribution in [3.05, 3.63) is 48.2 Å². The highest BCUT2D eigenvalue weighted by Crippen LogP contribution is 2.31. The molecule has 0 spiro atoms. The van der Waals surface area contributed by atoms with Crippen molar-refractivity contribution in [2.45, 2.75) is 25.8 Å². The summed E-state index contributed by atoms with van der Waals surface area (Å²) in [5.74, 6) is 0.941. The normalized spacial score (nSPS) is 15.8. The maximum Gasteiger partial charge on any atom is 0.232 e. The van der Waals surface area contributed by atoms with Crippen LogP contribution in [0.3, 0.4) is 0 Å². The zero-order valence-corrected chi connectivity index (χ0v) is 14.9. The number of anilines is 1. The molecule has 26 heavy (non-hydrogen) atoms. The number of nitrogens with one attached hydrogen (secondary N) is 1. The number of fused-ring (bicyclic) bond motifs is 1. The van der Waals surface area contributed by atoms with E-state index in [2.05, 4.69) is 40.3 Å². The minimum absolute atomic E-state index is 0.307. The third-order valence-corrected chi connectivity index (χ3v) is 5.08. The van der Waals surface area contributed by atoms with Gasteiger partial charge in [0.05, 0.1) is 0 Å². The lowest BCUT2D eigenvalue weighted by atomic mass is 10.0. The van der Waals surface area contributed by atoms with Crippen LogP contribution in [-0.4, -0.2) is 35.6 Å². The van der Waals surface area contributed by atoms with Gasteiger partial charge in [0.2, 0.25) is 17.5 Å². The van der Waals surface area contributed by atoms with Crippen molar-refractivity contribution < 1.29 is 4.42 Å². The maximum absolute atomic E-state index is 9.45. The number of likely N-dealkylation sites (tertiary alicyclic amines) is 1. The summed E-state index contributed by atoms with van der Waals surface area (Å²) < 4.78 is 5.95. The van der Waals surface area contributed by atoms with Gasteiger partial charge in [0.15, 0.2) is 0 Å². The first-order valence-electron chi connectivity index (χ1n) is 9.13. The smallest absolute Gasteiger partial charge is 0.232 e. The van der Waals surface area contributed by atoms with E-state index in [-0.39, 0.29) is 0 Å². The van der Waals surface area contributed by atoms with Crippen LogP contribution in [0.15, 0.2) is 46.9 Å². The summed E-state index contributed by atoms with van der Waals surface area (Å²) in [6.07, 6.45) is 2.53. The number of hydrogen-bond acceptors (Lipinski definition) is 5. The highest BCUT2D eigenvalue weighted by atomic mass is 16.4. The van der Waals surface area contributed by atoms with E-state index in [1.807, 2.05) is 30.3 Å². The summed E-state index contributed by atoms with van der Waals surface area (Å²) in [5.41, 5.74) is 1.21. The van der Waals surface area contributed by atoms with Crippen molar-refractivity contribution in [1.29, 1.82) is 5.26 Å². The molecule has 0 bridgehead atoms. The van der Waals surface area contributed by atoms with E-state index in [1.54, 1.807) is 0 Å². The Hall–Kier alpha value is -2.84. The lowest BCUT2D eigenvalue weighted by Gasteiger charge is -2.23. The number of benzene rings is 2. The largest absolute Gasteiger partial charge is 0.419 e. The Kier molecular flexibility index (Phi) is 4.59. The van der Waals surface area contributed by atoms with Crippen LogP contribution in [0.2, 0.25) is 0 Å². The SMILES string of the molecule is C[C@H](CNc1oc(-c2cccc3ccccc23)nc1C#N)N1CCCC1. The molecule has 1 atom stereocenters. The van der Waals surface area contributed by atoms with Crippen LogP contribution in [0, 0.1) is 11.3 Å². The minimum atomic E-state index is 0.307. The number of nitriles is 1. The summed E-state index contributed by atoms with van der Waals surface area (Å²) in [6.45, 7) is 5.22. The van der Waals surface area contributed by atoms with Gasteiger partial charge in [-0.05, 0) is 49.7 Å². The standard InChI is InChI=1S/C21H22N4O/c1-15(25-11-4-5-12-25)14-23-21-19(13-22)24-20(26-21)18-10-6-8-16-7-2-3-9-17(16)18/h2-3,6-10,15,23H,4-5,11-12,14H2,1H3/t15-/m1/s1. The molecule has 4 rings (SSSR count). The average molecular weight is 346 g/mol. The molecule has 0 aliphatic carbocycles. The van der Waals surface area contributed by atoms with Crippen molar-refractivity contribution >= 4 is 16.7 Å². The molecule has 1 aliphatic heterocycles. The fourth-order valence-electron chi connectivity index (χ4n) is 3.59. The highest BCUT2D eigenvalue weighted by molar-refractivity contribution is 5.94. The van der Waals surface area contributed by atoms with Crippen LogP contribution in [0.4, 0.5) is 5.88 Å². The average Bonchev–Trinajstić information content (AvgIpc) is 3.35. The number of hydrogen-bond donors (Lipinski definition) is 1. The third kappa shape index (κ3) is 3.16.